The average Bonchev–Trinajstić information content (AvgIpc) is 3.11. The lowest BCUT2D eigenvalue weighted by Crippen LogP contribution is -2.32. The third kappa shape index (κ3) is 3.23. The van der Waals surface area contributed by atoms with Gasteiger partial charge in [-0.1, -0.05) is 22.8 Å². The van der Waals surface area contributed by atoms with Crippen molar-refractivity contribution in [3.05, 3.63) is 47.4 Å². The number of aromatic nitrogens is 4. The second kappa shape index (κ2) is 7.15. The molecule has 0 saturated carbocycles. The van der Waals surface area contributed by atoms with Gasteiger partial charge >= 0.3 is 0 Å². The minimum atomic E-state index is -0.452. The van der Waals surface area contributed by atoms with Crippen LogP contribution in [0.3, 0.4) is 0 Å². The van der Waals surface area contributed by atoms with Crippen LogP contribution in [0.15, 0.2) is 35.5 Å². The summed E-state index contributed by atoms with van der Waals surface area (Å²) in [5.41, 5.74) is 3.48. The van der Waals surface area contributed by atoms with E-state index in [0.717, 1.165) is 35.9 Å². The second-order valence-electron chi connectivity index (χ2n) is 6.85. The third-order valence-corrected chi connectivity index (χ3v) is 6.00. The monoisotopic (exact) mass is 368 g/mol. The van der Waals surface area contributed by atoms with Gasteiger partial charge in [0.25, 0.3) is 5.78 Å². The second-order valence-corrected chi connectivity index (χ2v) is 8.34. The minimum Gasteiger partial charge on any atom is -0.356 e. The van der Waals surface area contributed by atoms with E-state index in [4.69, 9.17) is 4.78 Å². The molecule has 1 aliphatic heterocycles. The molecule has 1 atom stereocenters. The molecule has 1 aliphatic rings. The van der Waals surface area contributed by atoms with Gasteiger partial charge in [0.2, 0.25) is 0 Å². The smallest absolute Gasteiger partial charge is 0.254 e. The number of fused-ring (bicyclic) bond motifs is 1. The number of anilines is 1. The zero-order chi connectivity index (χ0) is 18.1. The van der Waals surface area contributed by atoms with Crippen molar-refractivity contribution in [1.82, 2.24) is 19.6 Å². The highest BCUT2D eigenvalue weighted by atomic mass is 32.2. The highest BCUT2D eigenvalue weighted by Gasteiger charge is 2.21. The first-order valence-corrected chi connectivity index (χ1v) is 10.7. The lowest BCUT2D eigenvalue weighted by atomic mass is 10.0. The normalized spacial score (nSPS) is 16.2. The Kier molecular flexibility index (Phi) is 4.72. The van der Waals surface area contributed by atoms with Gasteiger partial charge in [0, 0.05) is 35.7 Å². The summed E-state index contributed by atoms with van der Waals surface area (Å²) in [7, 11) is -0.452. The quantitative estimate of drug-likeness (QED) is 0.766. The van der Waals surface area contributed by atoms with Crippen LogP contribution in [0.25, 0.3) is 5.78 Å². The van der Waals surface area contributed by atoms with Crippen molar-refractivity contribution < 1.29 is 0 Å². The summed E-state index contributed by atoms with van der Waals surface area (Å²) >= 11 is 0. The number of hydrogen-bond acceptors (Lipinski definition) is 5. The maximum absolute atomic E-state index is 7.88. The van der Waals surface area contributed by atoms with Crippen LogP contribution in [0.2, 0.25) is 0 Å². The Morgan fingerprint density at radius 1 is 1.12 bits per heavy atom. The molecule has 0 radical (unpaired) electrons. The summed E-state index contributed by atoms with van der Waals surface area (Å²) in [6.45, 7) is 4.18. The summed E-state index contributed by atoms with van der Waals surface area (Å²) in [4.78, 5) is 12.5. The molecule has 0 bridgehead atoms. The van der Waals surface area contributed by atoms with Gasteiger partial charge in [-0.3, -0.25) is 4.78 Å². The van der Waals surface area contributed by atoms with Gasteiger partial charge in [0.15, 0.2) is 0 Å². The summed E-state index contributed by atoms with van der Waals surface area (Å²) < 4.78 is 9.78. The molecule has 0 aliphatic carbocycles. The molecule has 7 heteroatoms. The van der Waals surface area contributed by atoms with Crippen LogP contribution in [0.5, 0.6) is 0 Å². The molecule has 1 fully saturated rings. The van der Waals surface area contributed by atoms with Crippen LogP contribution in [-0.2, 0) is 17.1 Å². The molecule has 1 N–H and O–H groups in total. The van der Waals surface area contributed by atoms with Gasteiger partial charge in [-0.2, -0.15) is 14.6 Å². The number of aryl methyl sites for hydroxylation is 1. The van der Waals surface area contributed by atoms with Crippen LogP contribution >= 0.6 is 0 Å². The summed E-state index contributed by atoms with van der Waals surface area (Å²) in [6, 6.07) is 8.42. The van der Waals surface area contributed by atoms with Crippen molar-refractivity contribution in [3.8, 4) is 0 Å². The van der Waals surface area contributed by atoms with E-state index in [1.54, 1.807) is 6.33 Å². The summed E-state index contributed by atoms with van der Waals surface area (Å²) in [5, 5.41) is 4.45. The van der Waals surface area contributed by atoms with Crippen LogP contribution < -0.4 is 4.90 Å². The van der Waals surface area contributed by atoms with Crippen LogP contribution in [0.4, 0.5) is 5.82 Å². The van der Waals surface area contributed by atoms with Crippen LogP contribution in [0, 0.1) is 11.7 Å². The standard InChI is InChI=1S/C19H24N6S/c1-14-17(12-15-6-8-16(9-7-15)26(2)20)18(24-10-4-3-5-11-24)25-19(23-14)21-13-22-25/h6-9,13,20H,3-5,10-12H2,1-2H3/t26-/m1/s1. The number of rotatable bonds is 4. The molecule has 26 heavy (non-hydrogen) atoms. The van der Waals surface area contributed by atoms with E-state index in [0.29, 0.717) is 5.78 Å². The molecule has 1 aromatic carbocycles. The Bertz CT molecular complexity index is 941. The molecule has 4 rings (SSSR count). The van der Waals surface area contributed by atoms with Gasteiger partial charge in [0.1, 0.15) is 12.1 Å². The Morgan fingerprint density at radius 2 is 1.85 bits per heavy atom. The van der Waals surface area contributed by atoms with Crippen molar-refractivity contribution >= 4 is 22.3 Å². The topological polar surface area (TPSA) is 70.2 Å². The van der Waals surface area contributed by atoms with E-state index in [1.807, 2.05) is 10.8 Å². The zero-order valence-electron chi connectivity index (χ0n) is 15.3. The van der Waals surface area contributed by atoms with Crippen molar-refractivity contribution in [2.45, 2.75) is 37.5 Å². The van der Waals surface area contributed by atoms with Gasteiger partial charge in [-0.05, 0) is 50.1 Å². The van der Waals surface area contributed by atoms with Gasteiger partial charge in [-0.15, -0.1) is 0 Å². The van der Waals surface area contributed by atoms with Crippen molar-refractivity contribution in [1.29, 1.82) is 4.78 Å². The third-order valence-electron chi connectivity index (χ3n) is 5.02. The molecule has 136 valence electrons. The molecule has 2 aromatic heterocycles. The van der Waals surface area contributed by atoms with E-state index in [1.165, 1.54) is 30.4 Å². The number of nitrogens with zero attached hydrogens (tertiary/aromatic N) is 5. The van der Waals surface area contributed by atoms with E-state index in [9.17, 15) is 0 Å². The van der Waals surface area contributed by atoms with Crippen molar-refractivity contribution in [2.75, 3.05) is 24.2 Å². The van der Waals surface area contributed by atoms with Crippen LogP contribution in [0.1, 0.15) is 36.1 Å². The van der Waals surface area contributed by atoms with Gasteiger partial charge < -0.3 is 4.90 Å². The fourth-order valence-corrected chi connectivity index (χ4v) is 4.17. The molecular formula is C19H24N6S. The minimum absolute atomic E-state index is 0.452. The fourth-order valence-electron chi connectivity index (χ4n) is 3.62. The van der Waals surface area contributed by atoms with Gasteiger partial charge in [-0.25, -0.2) is 4.98 Å². The molecule has 3 heterocycles. The Hall–Kier alpha value is -2.28. The first kappa shape index (κ1) is 17.1. The van der Waals surface area contributed by atoms with E-state index in [-0.39, 0.29) is 0 Å². The SMILES string of the molecule is Cc1nc2ncnn2c(N2CCCCC2)c1Cc1ccc([S@@](C)=N)cc1. The van der Waals surface area contributed by atoms with Crippen molar-refractivity contribution in [2.24, 2.45) is 0 Å². The maximum atomic E-state index is 7.88. The number of piperidine rings is 1. The average molecular weight is 369 g/mol. The fraction of sp³-hybridized carbons (Fsp3) is 0.421. The number of benzene rings is 1. The molecule has 1 saturated heterocycles. The molecule has 0 spiro atoms. The molecule has 0 amide bonds. The lowest BCUT2D eigenvalue weighted by molar-refractivity contribution is 0.566. The first-order valence-electron chi connectivity index (χ1n) is 9.04. The Labute approximate surface area is 156 Å². The largest absolute Gasteiger partial charge is 0.356 e. The molecule has 6 nitrogen and oxygen atoms in total. The van der Waals surface area contributed by atoms with E-state index >= 15 is 0 Å². The van der Waals surface area contributed by atoms with Gasteiger partial charge in [0.05, 0.1) is 0 Å². The maximum Gasteiger partial charge on any atom is 0.254 e. The highest BCUT2D eigenvalue weighted by Crippen LogP contribution is 2.28. The highest BCUT2D eigenvalue weighted by molar-refractivity contribution is 7.85. The predicted octanol–water partition coefficient (Wildman–Crippen LogP) is 3.38. The lowest BCUT2D eigenvalue weighted by Gasteiger charge is -2.31. The number of hydrogen-bond donors (Lipinski definition) is 1. The summed E-state index contributed by atoms with van der Waals surface area (Å²) in [6.07, 6.45) is 8.06. The Morgan fingerprint density at radius 3 is 2.54 bits per heavy atom. The first-order chi connectivity index (χ1) is 12.6. The van der Waals surface area contributed by atoms with Crippen molar-refractivity contribution in [3.63, 3.8) is 0 Å². The van der Waals surface area contributed by atoms with E-state index < -0.39 is 10.7 Å². The zero-order valence-corrected chi connectivity index (χ0v) is 16.1. The predicted molar refractivity (Wildman–Crippen MR) is 105 cm³/mol. The molecule has 3 aromatic rings. The molecule has 0 unspecified atom stereocenters. The van der Waals surface area contributed by atoms with E-state index in [2.05, 4.69) is 51.2 Å². The number of nitrogens with one attached hydrogen (secondary N) is 1. The summed E-state index contributed by atoms with van der Waals surface area (Å²) in [5.74, 6) is 1.82. The molecular weight excluding hydrogens is 344 g/mol. The van der Waals surface area contributed by atoms with Crippen LogP contribution in [-0.4, -0.2) is 38.9 Å². The Balaban J connectivity index is 1.77.